The van der Waals surface area contributed by atoms with Crippen LogP contribution in [0.3, 0.4) is 0 Å². The highest BCUT2D eigenvalue weighted by molar-refractivity contribution is 7.93. The van der Waals surface area contributed by atoms with Gasteiger partial charge >= 0.3 is 0 Å². The lowest BCUT2D eigenvalue weighted by Gasteiger charge is -2.38. The average Bonchev–Trinajstić information content (AvgIpc) is 2.87. The van der Waals surface area contributed by atoms with Crippen molar-refractivity contribution in [1.29, 1.82) is 0 Å². The fraction of sp³-hybridized carbons (Fsp3) is 0.600. The van der Waals surface area contributed by atoms with Gasteiger partial charge in [-0.1, -0.05) is 5.21 Å². The van der Waals surface area contributed by atoms with E-state index in [1.807, 2.05) is 0 Å². The SMILES string of the molecule is C[C@]1(Cn2ccnn2)[C@H](C(=O)[O-])N2C(=O)CC2S1(=O)=O. The minimum Gasteiger partial charge on any atom is -0.548 e. The van der Waals surface area contributed by atoms with E-state index in [2.05, 4.69) is 10.3 Å². The van der Waals surface area contributed by atoms with Gasteiger partial charge in [0.05, 0.1) is 31.2 Å². The zero-order chi connectivity index (χ0) is 14.7. The summed E-state index contributed by atoms with van der Waals surface area (Å²) < 4.78 is 24.6. The van der Waals surface area contributed by atoms with E-state index < -0.39 is 37.9 Å². The summed E-state index contributed by atoms with van der Waals surface area (Å²) in [7, 11) is -3.84. The molecule has 3 atom stereocenters. The van der Waals surface area contributed by atoms with E-state index in [1.54, 1.807) is 0 Å². The predicted molar refractivity (Wildman–Crippen MR) is 61.4 cm³/mol. The van der Waals surface area contributed by atoms with Gasteiger partial charge in [0, 0.05) is 6.20 Å². The number of carbonyl (C=O) groups is 2. The number of aromatic nitrogens is 3. The lowest BCUT2D eigenvalue weighted by molar-refractivity contribution is -0.312. The maximum Gasteiger partial charge on any atom is 0.227 e. The summed E-state index contributed by atoms with van der Waals surface area (Å²) in [5.74, 6) is -2.07. The van der Waals surface area contributed by atoms with Crippen molar-refractivity contribution in [3.63, 3.8) is 0 Å². The molecule has 0 N–H and O–H groups in total. The molecule has 0 radical (unpaired) electrons. The number of sulfone groups is 1. The second kappa shape index (κ2) is 3.78. The van der Waals surface area contributed by atoms with Crippen molar-refractivity contribution < 1.29 is 23.1 Å². The molecule has 0 aromatic carbocycles. The van der Waals surface area contributed by atoms with Gasteiger partial charge in [-0.15, -0.1) is 5.10 Å². The maximum absolute atomic E-state index is 12.5. The zero-order valence-corrected chi connectivity index (χ0v) is 11.3. The van der Waals surface area contributed by atoms with E-state index in [1.165, 1.54) is 24.0 Å². The van der Waals surface area contributed by atoms with E-state index in [0.29, 0.717) is 0 Å². The number of hydrogen-bond donors (Lipinski definition) is 0. The molecule has 3 heterocycles. The van der Waals surface area contributed by atoms with Crippen molar-refractivity contribution in [2.45, 2.75) is 36.1 Å². The molecule has 1 unspecified atom stereocenters. The molecule has 2 fully saturated rings. The largest absolute Gasteiger partial charge is 0.548 e. The van der Waals surface area contributed by atoms with Gasteiger partial charge in [-0.05, 0) is 6.92 Å². The minimum absolute atomic E-state index is 0.181. The molecule has 108 valence electrons. The summed E-state index contributed by atoms with van der Waals surface area (Å²) in [6.45, 7) is 1.10. The number of aliphatic carboxylic acids is 1. The highest BCUT2D eigenvalue weighted by atomic mass is 32.2. The van der Waals surface area contributed by atoms with Crippen LogP contribution in [0.1, 0.15) is 13.3 Å². The van der Waals surface area contributed by atoms with Crippen LogP contribution in [0.5, 0.6) is 0 Å². The zero-order valence-electron chi connectivity index (χ0n) is 10.5. The quantitative estimate of drug-likeness (QED) is 0.550. The van der Waals surface area contributed by atoms with E-state index in [4.69, 9.17) is 0 Å². The van der Waals surface area contributed by atoms with Crippen LogP contribution in [-0.2, 0) is 26.0 Å². The van der Waals surface area contributed by atoms with Gasteiger partial charge in [0.15, 0.2) is 9.84 Å². The van der Waals surface area contributed by atoms with Crippen molar-refractivity contribution in [2.75, 3.05) is 0 Å². The first-order valence-electron chi connectivity index (χ1n) is 5.88. The molecule has 2 aliphatic heterocycles. The molecule has 1 aromatic rings. The smallest absolute Gasteiger partial charge is 0.227 e. The standard InChI is InChI=1S/C10H12N4O5S/c1-10(5-13-3-2-11-12-13)8(9(16)17)14-6(15)4-7(14)20(10,18)19/h2-3,7-8H,4-5H2,1H3,(H,16,17)/p-1/t7?,8-,10-/m0/s1. The number of β-lactam (4-membered cyclic amide) rings is 1. The molecular weight excluding hydrogens is 288 g/mol. The molecule has 0 bridgehead atoms. The Labute approximate surface area is 114 Å². The Bertz CT molecular complexity index is 685. The molecule has 1 amide bonds. The maximum atomic E-state index is 12.5. The summed E-state index contributed by atoms with van der Waals surface area (Å²) in [6.07, 6.45) is 2.61. The molecule has 0 spiro atoms. The number of rotatable bonds is 3. The molecular formula is C10H11N4O5S-. The monoisotopic (exact) mass is 299 g/mol. The molecule has 0 saturated carbocycles. The molecule has 2 aliphatic rings. The van der Waals surface area contributed by atoms with Gasteiger partial charge < -0.3 is 14.8 Å². The van der Waals surface area contributed by atoms with Gasteiger partial charge in [0.2, 0.25) is 5.91 Å². The van der Waals surface area contributed by atoms with Crippen LogP contribution >= 0.6 is 0 Å². The van der Waals surface area contributed by atoms with Crippen molar-refractivity contribution in [1.82, 2.24) is 19.9 Å². The summed E-state index contributed by atoms with van der Waals surface area (Å²) in [5, 5.41) is 17.5. The first-order chi connectivity index (χ1) is 9.29. The molecule has 10 heteroatoms. The van der Waals surface area contributed by atoms with Gasteiger partial charge in [0.1, 0.15) is 10.1 Å². The van der Waals surface area contributed by atoms with E-state index in [-0.39, 0.29) is 13.0 Å². The Kier molecular flexibility index (Phi) is 2.46. The summed E-state index contributed by atoms with van der Waals surface area (Å²) >= 11 is 0. The van der Waals surface area contributed by atoms with Gasteiger partial charge in [0.25, 0.3) is 0 Å². The molecule has 20 heavy (non-hydrogen) atoms. The van der Waals surface area contributed by atoms with Crippen LogP contribution < -0.4 is 5.11 Å². The topological polar surface area (TPSA) is 125 Å². The van der Waals surface area contributed by atoms with Crippen molar-refractivity contribution in [2.24, 2.45) is 0 Å². The number of carboxylic acids is 1. The number of nitrogens with zero attached hydrogens (tertiary/aromatic N) is 4. The highest BCUT2D eigenvalue weighted by Gasteiger charge is 2.68. The van der Waals surface area contributed by atoms with Crippen LogP contribution in [0, 0.1) is 0 Å². The first-order valence-corrected chi connectivity index (χ1v) is 7.43. The first kappa shape index (κ1) is 13.0. The number of carboxylic acid groups (broad SMARTS) is 1. The number of carbonyl (C=O) groups excluding carboxylic acids is 2. The highest BCUT2D eigenvalue weighted by Crippen LogP contribution is 2.46. The van der Waals surface area contributed by atoms with Crippen molar-refractivity contribution in [3.05, 3.63) is 12.4 Å². The molecule has 1 aromatic heterocycles. The third-order valence-corrected chi connectivity index (χ3v) is 6.75. The summed E-state index contributed by atoms with van der Waals surface area (Å²) in [4.78, 5) is 23.8. The normalized spacial score (nSPS) is 34.6. The summed E-state index contributed by atoms with van der Waals surface area (Å²) in [6, 6.07) is -1.51. The van der Waals surface area contributed by atoms with Gasteiger partial charge in [-0.25, -0.2) is 8.42 Å². The van der Waals surface area contributed by atoms with Gasteiger partial charge in [-0.2, -0.15) is 0 Å². The fourth-order valence-corrected chi connectivity index (χ4v) is 5.26. The van der Waals surface area contributed by atoms with Crippen LogP contribution in [0.15, 0.2) is 12.4 Å². The molecule has 0 aliphatic carbocycles. The number of hydrogen-bond acceptors (Lipinski definition) is 7. The lowest BCUT2D eigenvalue weighted by atomic mass is 9.96. The lowest BCUT2D eigenvalue weighted by Crippen LogP contribution is -2.61. The van der Waals surface area contributed by atoms with Gasteiger partial charge in [-0.3, -0.25) is 9.48 Å². The fourth-order valence-electron chi connectivity index (χ4n) is 2.91. The van der Waals surface area contributed by atoms with Crippen LogP contribution in [-0.4, -0.2) is 56.4 Å². The average molecular weight is 299 g/mol. The van der Waals surface area contributed by atoms with E-state index in [0.717, 1.165) is 4.90 Å². The van der Waals surface area contributed by atoms with Crippen LogP contribution in [0.25, 0.3) is 0 Å². The van der Waals surface area contributed by atoms with E-state index in [9.17, 15) is 23.1 Å². The minimum atomic E-state index is -3.84. The van der Waals surface area contributed by atoms with Crippen molar-refractivity contribution >= 4 is 21.7 Å². The Morgan fingerprint density at radius 1 is 1.60 bits per heavy atom. The Hall–Kier alpha value is -1.97. The summed E-state index contributed by atoms with van der Waals surface area (Å²) in [5.41, 5.74) is 0. The number of amides is 1. The van der Waals surface area contributed by atoms with Crippen LogP contribution in [0.4, 0.5) is 0 Å². The Morgan fingerprint density at radius 2 is 2.30 bits per heavy atom. The molecule has 2 saturated heterocycles. The Morgan fingerprint density at radius 3 is 2.80 bits per heavy atom. The Balaban J connectivity index is 2.10. The van der Waals surface area contributed by atoms with Crippen LogP contribution in [0.2, 0.25) is 0 Å². The second-order valence-corrected chi connectivity index (χ2v) is 7.71. The predicted octanol–water partition coefficient (Wildman–Crippen LogP) is -2.86. The molecule has 9 nitrogen and oxygen atoms in total. The number of fused-ring (bicyclic) bond motifs is 1. The third kappa shape index (κ3) is 1.39. The third-order valence-electron chi connectivity index (χ3n) is 3.98. The molecule has 3 rings (SSSR count). The van der Waals surface area contributed by atoms with E-state index >= 15 is 0 Å². The van der Waals surface area contributed by atoms with Crippen molar-refractivity contribution in [3.8, 4) is 0 Å². The second-order valence-electron chi connectivity index (χ2n) is 5.14.